The number of likely N-dealkylation sites (tertiary alicyclic amines) is 1. The molecule has 5 nitrogen and oxygen atoms in total. The van der Waals surface area contributed by atoms with Crippen LogP contribution < -0.4 is 0 Å². The Bertz CT molecular complexity index is 521. The van der Waals surface area contributed by atoms with E-state index in [9.17, 15) is 4.79 Å². The van der Waals surface area contributed by atoms with Crippen LogP contribution in [0.5, 0.6) is 0 Å². The Morgan fingerprint density at radius 2 is 2.08 bits per heavy atom. The van der Waals surface area contributed by atoms with E-state index in [0.717, 1.165) is 32.5 Å². The van der Waals surface area contributed by atoms with E-state index >= 15 is 0 Å². The number of piperidine rings is 1. The molecule has 0 aromatic heterocycles. The van der Waals surface area contributed by atoms with Crippen molar-refractivity contribution in [2.75, 3.05) is 46.5 Å². The van der Waals surface area contributed by atoms with Gasteiger partial charge < -0.3 is 14.4 Å². The highest BCUT2D eigenvalue weighted by Crippen LogP contribution is 2.22. The molecular formula is C19H28N2O3. The van der Waals surface area contributed by atoms with Gasteiger partial charge in [-0.05, 0) is 24.9 Å². The Labute approximate surface area is 144 Å². The minimum atomic E-state index is 0.0108. The molecule has 0 aliphatic carbocycles. The summed E-state index contributed by atoms with van der Waals surface area (Å²) in [5.74, 6) is 0.404. The maximum Gasteiger partial charge on any atom is 0.227 e. The van der Waals surface area contributed by atoms with Crippen molar-refractivity contribution in [2.45, 2.75) is 25.5 Å². The van der Waals surface area contributed by atoms with Crippen molar-refractivity contribution in [1.82, 2.24) is 9.80 Å². The van der Waals surface area contributed by atoms with Gasteiger partial charge in [0.05, 0.1) is 25.2 Å². The Morgan fingerprint density at radius 1 is 1.25 bits per heavy atom. The summed E-state index contributed by atoms with van der Waals surface area (Å²) < 4.78 is 10.8. The molecule has 2 heterocycles. The molecule has 2 saturated heterocycles. The highest BCUT2D eigenvalue weighted by molar-refractivity contribution is 5.79. The summed E-state index contributed by atoms with van der Waals surface area (Å²) in [6.45, 7) is 5.39. The van der Waals surface area contributed by atoms with E-state index < -0.39 is 0 Å². The average molecular weight is 332 g/mol. The number of carbonyl (C=O) groups excluding carboxylic acids is 1. The Hall–Kier alpha value is -1.43. The number of methoxy groups -OCH3 is 1. The summed E-state index contributed by atoms with van der Waals surface area (Å²) in [5, 5.41) is 0. The van der Waals surface area contributed by atoms with Crippen molar-refractivity contribution >= 4 is 5.91 Å². The number of morpholine rings is 1. The third kappa shape index (κ3) is 4.56. The minimum absolute atomic E-state index is 0.0108. The number of benzene rings is 1. The SMILES string of the molecule is COCC1CN(C(=O)C2CCCN(Cc3ccccc3)C2)CCO1. The lowest BCUT2D eigenvalue weighted by atomic mass is 9.95. The van der Waals surface area contributed by atoms with E-state index in [1.165, 1.54) is 5.56 Å². The number of rotatable bonds is 5. The van der Waals surface area contributed by atoms with E-state index in [1.54, 1.807) is 7.11 Å². The predicted octanol–water partition coefficient (Wildman–Crippen LogP) is 1.77. The highest BCUT2D eigenvalue weighted by atomic mass is 16.5. The third-order valence-corrected chi connectivity index (χ3v) is 4.91. The average Bonchev–Trinajstić information content (AvgIpc) is 2.63. The van der Waals surface area contributed by atoms with Crippen LogP contribution in [0.15, 0.2) is 30.3 Å². The maximum atomic E-state index is 12.9. The molecule has 0 spiro atoms. The first kappa shape index (κ1) is 17.4. The molecule has 0 bridgehead atoms. The normalized spacial score (nSPS) is 25.6. The molecule has 0 N–H and O–H groups in total. The Kier molecular flexibility index (Phi) is 6.24. The molecule has 1 amide bonds. The van der Waals surface area contributed by atoms with Gasteiger partial charge >= 0.3 is 0 Å². The minimum Gasteiger partial charge on any atom is -0.382 e. The van der Waals surface area contributed by atoms with Crippen LogP contribution in [0.1, 0.15) is 18.4 Å². The molecule has 2 unspecified atom stereocenters. The van der Waals surface area contributed by atoms with Gasteiger partial charge in [0.1, 0.15) is 0 Å². The summed E-state index contributed by atoms with van der Waals surface area (Å²) in [7, 11) is 1.67. The topological polar surface area (TPSA) is 42.0 Å². The number of nitrogens with zero attached hydrogens (tertiary/aromatic N) is 2. The van der Waals surface area contributed by atoms with E-state index in [-0.39, 0.29) is 17.9 Å². The summed E-state index contributed by atoms with van der Waals surface area (Å²) >= 11 is 0. The molecule has 2 atom stereocenters. The fraction of sp³-hybridized carbons (Fsp3) is 0.632. The standard InChI is InChI=1S/C19H28N2O3/c1-23-15-18-14-21(10-11-24-18)19(22)17-8-5-9-20(13-17)12-16-6-3-2-4-7-16/h2-4,6-7,17-18H,5,8-15H2,1H3. The molecule has 2 aliphatic rings. The monoisotopic (exact) mass is 332 g/mol. The summed E-state index contributed by atoms with van der Waals surface area (Å²) in [5.41, 5.74) is 1.32. The number of amides is 1. The van der Waals surface area contributed by atoms with E-state index in [2.05, 4.69) is 29.2 Å². The molecule has 24 heavy (non-hydrogen) atoms. The molecule has 5 heteroatoms. The number of hydrogen-bond acceptors (Lipinski definition) is 4. The van der Waals surface area contributed by atoms with Crippen LogP contribution in [-0.4, -0.2) is 68.3 Å². The molecule has 3 rings (SSSR count). The van der Waals surface area contributed by atoms with Crippen molar-refractivity contribution in [1.29, 1.82) is 0 Å². The smallest absolute Gasteiger partial charge is 0.227 e. The van der Waals surface area contributed by atoms with Crippen LogP contribution in [0.25, 0.3) is 0 Å². The van der Waals surface area contributed by atoms with Gasteiger partial charge in [-0.25, -0.2) is 0 Å². The van der Waals surface area contributed by atoms with Crippen LogP contribution >= 0.6 is 0 Å². The third-order valence-electron chi connectivity index (χ3n) is 4.91. The van der Waals surface area contributed by atoms with Gasteiger partial charge in [-0.2, -0.15) is 0 Å². The van der Waals surface area contributed by atoms with Gasteiger partial charge in [0, 0.05) is 33.3 Å². The molecular weight excluding hydrogens is 304 g/mol. The van der Waals surface area contributed by atoms with Crippen LogP contribution in [0, 0.1) is 5.92 Å². The van der Waals surface area contributed by atoms with Crippen molar-refractivity contribution < 1.29 is 14.3 Å². The lowest BCUT2D eigenvalue weighted by molar-refractivity contribution is -0.146. The van der Waals surface area contributed by atoms with E-state index in [0.29, 0.717) is 26.3 Å². The van der Waals surface area contributed by atoms with Crippen LogP contribution in [-0.2, 0) is 20.8 Å². The largest absolute Gasteiger partial charge is 0.382 e. The van der Waals surface area contributed by atoms with Gasteiger partial charge in [-0.3, -0.25) is 9.69 Å². The second kappa shape index (κ2) is 8.60. The number of hydrogen-bond donors (Lipinski definition) is 0. The molecule has 2 fully saturated rings. The van der Waals surface area contributed by atoms with E-state index in [4.69, 9.17) is 9.47 Å². The fourth-order valence-corrected chi connectivity index (χ4v) is 3.71. The fourth-order valence-electron chi connectivity index (χ4n) is 3.71. The Balaban J connectivity index is 1.54. The van der Waals surface area contributed by atoms with Crippen molar-refractivity contribution in [3.05, 3.63) is 35.9 Å². The van der Waals surface area contributed by atoms with Gasteiger partial charge in [0.2, 0.25) is 5.91 Å². The molecule has 1 aromatic rings. The maximum absolute atomic E-state index is 12.9. The van der Waals surface area contributed by atoms with Gasteiger partial charge in [-0.1, -0.05) is 30.3 Å². The first-order chi connectivity index (χ1) is 11.8. The van der Waals surface area contributed by atoms with Gasteiger partial charge in [-0.15, -0.1) is 0 Å². The van der Waals surface area contributed by atoms with Crippen LogP contribution in [0.3, 0.4) is 0 Å². The second-order valence-electron chi connectivity index (χ2n) is 6.79. The van der Waals surface area contributed by atoms with Crippen molar-refractivity contribution in [3.63, 3.8) is 0 Å². The molecule has 2 aliphatic heterocycles. The lowest BCUT2D eigenvalue weighted by Crippen LogP contribution is -2.51. The number of carbonyl (C=O) groups is 1. The van der Waals surface area contributed by atoms with Crippen LogP contribution in [0.2, 0.25) is 0 Å². The van der Waals surface area contributed by atoms with Crippen molar-refractivity contribution in [3.8, 4) is 0 Å². The zero-order valence-electron chi connectivity index (χ0n) is 14.5. The van der Waals surface area contributed by atoms with Gasteiger partial charge in [0.15, 0.2) is 0 Å². The van der Waals surface area contributed by atoms with Gasteiger partial charge in [0.25, 0.3) is 0 Å². The Morgan fingerprint density at radius 3 is 2.88 bits per heavy atom. The first-order valence-corrected chi connectivity index (χ1v) is 8.92. The number of ether oxygens (including phenoxy) is 2. The van der Waals surface area contributed by atoms with E-state index in [1.807, 2.05) is 11.0 Å². The molecule has 0 radical (unpaired) electrons. The molecule has 0 saturated carbocycles. The zero-order chi connectivity index (χ0) is 16.8. The first-order valence-electron chi connectivity index (χ1n) is 8.92. The summed E-state index contributed by atoms with van der Waals surface area (Å²) in [4.78, 5) is 17.3. The molecule has 132 valence electrons. The highest BCUT2D eigenvalue weighted by Gasteiger charge is 2.32. The molecule has 1 aromatic carbocycles. The lowest BCUT2D eigenvalue weighted by Gasteiger charge is -2.38. The quantitative estimate of drug-likeness (QED) is 0.824. The zero-order valence-corrected chi connectivity index (χ0v) is 14.5. The second-order valence-corrected chi connectivity index (χ2v) is 6.79. The summed E-state index contributed by atoms with van der Waals surface area (Å²) in [6.07, 6.45) is 2.10. The summed E-state index contributed by atoms with van der Waals surface area (Å²) in [6, 6.07) is 10.5. The van der Waals surface area contributed by atoms with Crippen LogP contribution in [0.4, 0.5) is 0 Å². The van der Waals surface area contributed by atoms with Crippen molar-refractivity contribution in [2.24, 2.45) is 5.92 Å². The predicted molar refractivity (Wildman–Crippen MR) is 92.6 cm³/mol.